The van der Waals surface area contributed by atoms with Gasteiger partial charge in [-0.25, -0.2) is 0 Å². The van der Waals surface area contributed by atoms with E-state index < -0.39 is 5.41 Å². The quantitative estimate of drug-likeness (QED) is 0.671. The van der Waals surface area contributed by atoms with Crippen LogP contribution < -0.4 is 0 Å². The topological polar surface area (TPSA) is 44.8 Å². The second-order valence-corrected chi connectivity index (χ2v) is 4.48. The van der Waals surface area contributed by atoms with Gasteiger partial charge in [-0.1, -0.05) is 0 Å². The average molecular weight is 216 g/mol. The van der Waals surface area contributed by atoms with E-state index >= 15 is 0 Å². The van der Waals surface area contributed by atoms with Gasteiger partial charge in [0.2, 0.25) is 0 Å². The molecule has 15 heavy (non-hydrogen) atoms. The van der Waals surface area contributed by atoms with Crippen molar-refractivity contribution >= 4 is 5.97 Å². The Morgan fingerprint density at radius 3 is 2.73 bits per heavy atom. The molecule has 0 aliphatic carbocycles. The van der Waals surface area contributed by atoms with Gasteiger partial charge in [-0.2, -0.15) is 0 Å². The molecule has 0 amide bonds. The van der Waals surface area contributed by atoms with Gasteiger partial charge in [0.25, 0.3) is 0 Å². The monoisotopic (exact) mass is 216 g/mol. The first-order valence-electron chi connectivity index (χ1n) is 5.38. The van der Waals surface area contributed by atoms with Gasteiger partial charge in [0.15, 0.2) is 6.29 Å². The molecular weight excluding hydrogens is 196 g/mol. The van der Waals surface area contributed by atoms with Crippen molar-refractivity contribution in [1.82, 2.24) is 0 Å². The molecule has 1 atom stereocenters. The highest BCUT2D eigenvalue weighted by molar-refractivity contribution is 5.75. The summed E-state index contributed by atoms with van der Waals surface area (Å²) in [4.78, 5) is 11.4. The lowest BCUT2D eigenvalue weighted by atomic mass is 9.95. The molecule has 0 aromatic rings. The van der Waals surface area contributed by atoms with Crippen LogP contribution in [-0.2, 0) is 19.0 Å². The Kier molecular flexibility index (Phi) is 4.54. The second-order valence-electron chi connectivity index (χ2n) is 4.48. The van der Waals surface area contributed by atoms with Crippen LogP contribution in [0.25, 0.3) is 0 Å². The van der Waals surface area contributed by atoms with E-state index in [1.54, 1.807) is 0 Å². The normalized spacial score (nSPS) is 22.5. The molecule has 0 unspecified atom stereocenters. The molecule has 1 aliphatic heterocycles. The number of ether oxygens (including phenoxy) is 3. The molecule has 0 radical (unpaired) electrons. The van der Waals surface area contributed by atoms with Crippen molar-refractivity contribution in [1.29, 1.82) is 0 Å². The van der Waals surface area contributed by atoms with Crippen molar-refractivity contribution in [3.8, 4) is 0 Å². The third-order valence-electron chi connectivity index (χ3n) is 2.51. The van der Waals surface area contributed by atoms with Gasteiger partial charge in [-0.15, -0.1) is 0 Å². The molecule has 1 fully saturated rings. The molecule has 4 heteroatoms. The summed E-state index contributed by atoms with van der Waals surface area (Å²) >= 11 is 0. The van der Waals surface area contributed by atoms with Crippen molar-refractivity contribution in [3.05, 3.63) is 0 Å². The summed E-state index contributed by atoms with van der Waals surface area (Å²) in [6.45, 7) is 4.71. The minimum absolute atomic E-state index is 0.150. The smallest absolute Gasteiger partial charge is 0.313 e. The molecule has 0 saturated carbocycles. The van der Waals surface area contributed by atoms with Gasteiger partial charge in [-0.05, 0) is 33.1 Å². The maximum Gasteiger partial charge on any atom is 0.313 e. The predicted molar refractivity (Wildman–Crippen MR) is 55.3 cm³/mol. The number of hydrogen-bond donors (Lipinski definition) is 0. The number of rotatable bonds is 4. The molecular formula is C11H20O4. The number of carbonyl (C=O) groups excluding carboxylic acids is 1. The van der Waals surface area contributed by atoms with Gasteiger partial charge in [0, 0.05) is 6.61 Å². The van der Waals surface area contributed by atoms with Crippen molar-refractivity contribution in [2.45, 2.75) is 39.4 Å². The molecule has 88 valence electrons. The fourth-order valence-corrected chi connectivity index (χ4v) is 1.48. The van der Waals surface area contributed by atoms with E-state index in [0.29, 0.717) is 6.61 Å². The van der Waals surface area contributed by atoms with Gasteiger partial charge in [0.1, 0.15) is 0 Å². The maximum atomic E-state index is 11.4. The highest BCUT2D eigenvalue weighted by Gasteiger charge is 2.30. The predicted octanol–water partition coefficient (Wildman–Crippen LogP) is 1.73. The van der Waals surface area contributed by atoms with Crippen LogP contribution in [-0.4, -0.2) is 32.6 Å². The van der Waals surface area contributed by atoms with Crippen LogP contribution in [0.1, 0.15) is 33.1 Å². The van der Waals surface area contributed by atoms with Crippen molar-refractivity contribution in [3.63, 3.8) is 0 Å². The molecule has 0 aromatic heterocycles. The van der Waals surface area contributed by atoms with Crippen LogP contribution in [0.15, 0.2) is 0 Å². The average Bonchev–Trinajstić information content (AvgIpc) is 2.27. The molecule has 0 spiro atoms. The van der Waals surface area contributed by atoms with Gasteiger partial charge >= 0.3 is 5.97 Å². The Morgan fingerprint density at radius 2 is 2.20 bits per heavy atom. The van der Waals surface area contributed by atoms with Gasteiger partial charge in [0.05, 0.1) is 19.1 Å². The molecule has 1 saturated heterocycles. The highest BCUT2D eigenvalue weighted by Crippen LogP contribution is 2.21. The summed E-state index contributed by atoms with van der Waals surface area (Å²) in [6.07, 6.45) is 2.99. The highest BCUT2D eigenvalue weighted by atomic mass is 16.7. The lowest BCUT2D eigenvalue weighted by molar-refractivity contribution is -0.185. The Bertz CT molecular complexity index is 207. The van der Waals surface area contributed by atoms with Crippen molar-refractivity contribution < 1.29 is 19.0 Å². The van der Waals surface area contributed by atoms with Gasteiger partial charge in [-0.3, -0.25) is 4.79 Å². The van der Waals surface area contributed by atoms with E-state index in [1.807, 2.05) is 13.8 Å². The van der Waals surface area contributed by atoms with E-state index in [2.05, 4.69) is 0 Å². The molecule has 1 rings (SSSR count). The molecule has 1 heterocycles. The zero-order valence-electron chi connectivity index (χ0n) is 9.75. The third-order valence-corrected chi connectivity index (χ3v) is 2.51. The first kappa shape index (κ1) is 12.5. The second kappa shape index (κ2) is 5.47. The largest absolute Gasteiger partial charge is 0.469 e. The van der Waals surface area contributed by atoms with Crippen molar-refractivity contribution in [2.75, 3.05) is 20.3 Å². The number of hydrogen-bond acceptors (Lipinski definition) is 4. The first-order chi connectivity index (χ1) is 7.06. The lowest BCUT2D eigenvalue weighted by Gasteiger charge is -2.27. The summed E-state index contributed by atoms with van der Waals surface area (Å²) < 4.78 is 15.7. The minimum Gasteiger partial charge on any atom is -0.469 e. The summed E-state index contributed by atoms with van der Waals surface area (Å²) in [7, 11) is 1.39. The molecule has 0 aromatic carbocycles. The molecule has 0 N–H and O–H groups in total. The van der Waals surface area contributed by atoms with E-state index in [9.17, 15) is 4.79 Å². The van der Waals surface area contributed by atoms with Crippen LogP contribution in [0.2, 0.25) is 0 Å². The maximum absolute atomic E-state index is 11.4. The standard InChI is InChI=1S/C11H20O4/c1-11(2,10(12)13-3)8-15-9-6-4-5-7-14-9/h9H,4-8H2,1-3H3/t9-/m0/s1. The summed E-state index contributed by atoms with van der Waals surface area (Å²) in [5, 5.41) is 0. The zero-order valence-corrected chi connectivity index (χ0v) is 9.75. The van der Waals surface area contributed by atoms with Crippen LogP contribution >= 0.6 is 0 Å². The van der Waals surface area contributed by atoms with Crippen LogP contribution in [0.5, 0.6) is 0 Å². The van der Waals surface area contributed by atoms with E-state index in [4.69, 9.17) is 14.2 Å². The number of esters is 1. The fourth-order valence-electron chi connectivity index (χ4n) is 1.48. The van der Waals surface area contributed by atoms with Crippen LogP contribution in [0, 0.1) is 5.41 Å². The summed E-state index contributed by atoms with van der Waals surface area (Å²) in [5.74, 6) is -0.252. The van der Waals surface area contributed by atoms with Crippen LogP contribution in [0.4, 0.5) is 0 Å². The number of carbonyl (C=O) groups is 1. The van der Waals surface area contributed by atoms with E-state index in [0.717, 1.165) is 25.9 Å². The molecule has 0 bridgehead atoms. The SMILES string of the molecule is COC(=O)C(C)(C)CO[C@H]1CCCCO1. The zero-order chi connectivity index (χ0) is 11.3. The first-order valence-corrected chi connectivity index (χ1v) is 5.38. The van der Waals surface area contributed by atoms with E-state index in [1.165, 1.54) is 7.11 Å². The van der Waals surface area contributed by atoms with Gasteiger partial charge < -0.3 is 14.2 Å². The Balaban J connectivity index is 2.31. The Labute approximate surface area is 90.9 Å². The lowest BCUT2D eigenvalue weighted by Crippen LogP contribution is -2.34. The minimum atomic E-state index is -0.602. The third kappa shape index (κ3) is 3.80. The molecule has 1 aliphatic rings. The summed E-state index contributed by atoms with van der Waals surface area (Å²) in [5.41, 5.74) is -0.602. The Hall–Kier alpha value is -0.610. The fraction of sp³-hybridized carbons (Fsp3) is 0.909. The number of methoxy groups -OCH3 is 1. The van der Waals surface area contributed by atoms with Crippen LogP contribution in [0.3, 0.4) is 0 Å². The van der Waals surface area contributed by atoms with Crippen molar-refractivity contribution in [2.24, 2.45) is 5.41 Å². The Morgan fingerprint density at radius 1 is 1.47 bits per heavy atom. The summed E-state index contributed by atoms with van der Waals surface area (Å²) in [6, 6.07) is 0. The molecule has 4 nitrogen and oxygen atoms in total. The van der Waals surface area contributed by atoms with E-state index in [-0.39, 0.29) is 12.3 Å².